The number of anilines is 1. The summed E-state index contributed by atoms with van der Waals surface area (Å²) in [5.74, 6) is 0.749. The van der Waals surface area contributed by atoms with E-state index in [0.717, 1.165) is 36.3 Å². The largest absolute Gasteiger partial charge is 0.372 e. The Bertz CT molecular complexity index is 704. The fourth-order valence-electron chi connectivity index (χ4n) is 3.22. The minimum atomic E-state index is 0.135. The van der Waals surface area contributed by atoms with Crippen LogP contribution in [0, 0.1) is 6.92 Å². The predicted octanol–water partition coefficient (Wildman–Crippen LogP) is 3.48. The van der Waals surface area contributed by atoms with Crippen molar-refractivity contribution in [2.24, 2.45) is 0 Å². The molecule has 1 aliphatic rings. The van der Waals surface area contributed by atoms with E-state index in [1.165, 1.54) is 5.56 Å². The normalized spacial score (nSPS) is 21.3. The van der Waals surface area contributed by atoms with E-state index in [4.69, 9.17) is 4.74 Å². The van der Waals surface area contributed by atoms with Crippen molar-refractivity contribution >= 4 is 12.1 Å². The molecular formula is C19H22N2O2. The second-order valence-electron chi connectivity index (χ2n) is 6.23. The molecule has 0 aliphatic carbocycles. The highest BCUT2D eigenvalue weighted by Crippen LogP contribution is 2.28. The quantitative estimate of drug-likeness (QED) is 0.814. The van der Waals surface area contributed by atoms with Gasteiger partial charge in [0.2, 0.25) is 0 Å². The average molecular weight is 310 g/mol. The van der Waals surface area contributed by atoms with Crippen molar-refractivity contribution in [1.29, 1.82) is 0 Å². The van der Waals surface area contributed by atoms with Crippen molar-refractivity contribution in [3.8, 4) is 11.1 Å². The van der Waals surface area contributed by atoms with Gasteiger partial charge in [-0.15, -0.1) is 0 Å². The monoisotopic (exact) mass is 310 g/mol. The number of ether oxygens (including phenoxy) is 1. The number of carbonyl (C=O) groups excluding carboxylic acids is 1. The summed E-state index contributed by atoms with van der Waals surface area (Å²) in [7, 11) is 0. The van der Waals surface area contributed by atoms with Crippen LogP contribution in [0.25, 0.3) is 11.1 Å². The van der Waals surface area contributed by atoms with Gasteiger partial charge in [-0.3, -0.25) is 4.79 Å². The lowest BCUT2D eigenvalue weighted by Gasteiger charge is -2.36. The SMILES string of the molecule is Cc1ccccc1-c1cnc(N2C[C@@H](C)O[C@@H](C)C2)c(C=O)c1. The molecule has 1 aliphatic heterocycles. The Labute approximate surface area is 137 Å². The Hall–Kier alpha value is -2.20. The van der Waals surface area contributed by atoms with Crippen LogP contribution >= 0.6 is 0 Å². The molecule has 0 spiro atoms. The van der Waals surface area contributed by atoms with E-state index in [1.54, 1.807) is 0 Å². The fraction of sp³-hybridized carbons (Fsp3) is 0.368. The van der Waals surface area contributed by atoms with E-state index in [1.807, 2.05) is 38.2 Å². The molecule has 0 saturated carbocycles. The Morgan fingerprint density at radius 2 is 1.91 bits per heavy atom. The maximum Gasteiger partial charge on any atom is 0.153 e. The van der Waals surface area contributed by atoms with Gasteiger partial charge >= 0.3 is 0 Å². The number of benzene rings is 1. The average Bonchev–Trinajstić information content (AvgIpc) is 2.54. The molecule has 1 aromatic carbocycles. The van der Waals surface area contributed by atoms with Crippen molar-refractivity contribution in [3.63, 3.8) is 0 Å². The lowest BCUT2D eigenvalue weighted by atomic mass is 10.0. The number of pyridine rings is 1. The number of aryl methyl sites for hydroxylation is 1. The van der Waals surface area contributed by atoms with Gasteiger partial charge in [0.25, 0.3) is 0 Å². The van der Waals surface area contributed by atoms with Gasteiger partial charge in [0.1, 0.15) is 5.82 Å². The number of carbonyl (C=O) groups is 1. The lowest BCUT2D eigenvalue weighted by Crippen LogP contribution is -2.46. The van der Waals surface area contributed by atoms with Gasteiger partial charge in [-0.25, -0.2) is 4.98 Å². The summed E-state index contributed by atoms with van der Waals surface area (Å²) in [5.41, 5.74) is 3.89. The molecule has 2 heterocycles. The number of hydrogen-bond donors (Lipinski definition) is 0. The third-order valence-corrected chi connectivity index (χ3v) is 4.20. The Morgan fingerprint density at radius 3 is 2.57 bits per heavy atom. The highest BCUT2D eigenvalue weighted by molar-refractivity contribution is 5.86. The topological polar surface area (TPSA) is 42.4 Å². The van der Waals surface area contributed by atoms with E-state index in [0.29, 0.717) is 5.56 Å². The van der Waals surface area contributed by atoms with Gasteiger partial charge in [0.05, 0.1) is 17.8 Å². The molecule has 2 aromatic rings. The first-order valence-corrected chi connectivity index (χ1v) is 8.00. The first-order chi connectivity index (χ1) is 11.1. The Morgan fingerprint density at radius 1 is 1.22 bits per heavy atom. The maximum atomic E-state index is 11.6. The summed E-state index contributed by atoms with van der Waals surface area (Å²) in [6.07, 6.45) is 3.02. The molecule has 120 valence electrons. The van der Waals surface area contributed by atoms with Crippen LogP contribution < -0.4 is 4.90 Å². The van der Waals surface area contributed by atoms with Crippen molar-refractivity contribution in [2.75, 3.05) is 18.0 Å². The molecule has 0 N–H and O–H groups in total. The predicted molar refractivity (Wildman–Crippen MR) is 92.0 cm³/mol. The molecule has 4 nitrogen and oxygen atoms in total. The molecular weight excluding hydrogens is 288 g/mol. The zero-order chi connectivity index (χ0) is 16.4. The van der Waals surface area contributed by atoms with Crippen molar-refractivity contribution in [1.82, 2.24) is 4.98 Å². The van der Waals surface area contributed by atoms with Crippen LogP contribution in [0.15, 0.2) is 36.5 Å². The summed E-state index contributed by atoms with van der Waals surface area (Å²) >= 11 is 0. The minimum Gasteiger partial charge on any atom is -0.372 e. The highest BCUT2D eigenvalue weighted by atomic mass is 16.5. The second kappa shape index (κ2) is 6.50. The number of aldehydes is 1. The first-order valence-electron chi connectivity index (χ1n) is 8.00. The number of rotatable bonds is 3. The summed E-state index contributed by atoms with van der Waals surface area (Å²) < 4.78 is 5.76. The maximum absolute atomic E-state index is 11.6. The third-order valence-electron chi connectivity index (χ3n) is 4.20. The number of aromatic nitrogens is 1. The third kappa shape index (κ3) is 3.27. The molecule has 0 unspecified atom stereocenters. The highest BCUT2D eigenvalue weighted by Gasteiger charge is 2.25. The van der Waals surface area contributed by atoms with Gasteiger partial charge in [-0.05, 0) is 38.0 Å². The fourth-order valence-corrected chi connectivity index (χ4v) is 3.22. The van der Waals surface area contributed by atoms with Gasteiger partial charge in [0.15, 0.2) is 6.29 Å². The molecule has 4 heteroatoms. The Balaban J connectivity index is 1.97. The van der Waals surface area contributed by atoms with Crippen LogP contribution in [0.4, 0.5) is 5.82 Å². The van der Waals surface area contributed by atoms with E-state index >= 15 is 0 Å². The molecule has 0 bridgehead atoms. The standard InChI is InChI=1S/C19H22N2O2/c1-13-6-4-5-7-18(13)16-8-17(12-22)19(20-9-16)21-10-14(2)23-15(3)11-21/h4-9,12,14-15H,10-11H2,1-3H3/t14-,15+. The summed E-state index contributed by atoms with van der Waals surface area (Å²) in [4.78, 5) is 18.3. The van der Waals surface area contributed by atoms with Crippen LogP contribution in [-0.4, -0.2) is 36.6 Å². The van der Waals surface area contributed by atoms with Crippen molar-refractivity contribution < 1.29 is 9.53 Å². The number of nitrogens with zero attached hydrogens (tertiary/aromatic N) is 2. The molecule has 1 fully saturated rings. The second-order valence-corrected chi connectivity index (χ2v) is 6.23. The van der Waals surface area contributed by atoms with E-state index in [9.17, 15) is 4.79 Å². The van der Waals surface area contributed by atoms with E-state index in [-0.39, 0.29) is 12.2 Å². The van der Waals surface area contributed by atoms with Crippen LogP contribution in [0.3, 0.4) is 0 Å². The molecule has 3 rings (SSSR count). The van der Waals surface area contributed by atoms with E-state index < -0.39 is 0 Å². The molecule has 1 aromatic heterocycles. The molecule has 2 atom stereocenters. The van der Waals surface area contributed by atoms with Gasteiger partial charge in [-0.2, -0.15) is 0 Å². The summed E-state index contributed by atoms with van der Waals surface area (Å²) in [5, 5.41) is 0. The van der Waals surface area contributed by atoms with E-state index in [2.05, 4.69) is 28.9 Å². The lowest BCUT2D eigenvalue weighted by molar-refractivity contribution is -0.00549. The van der Waals surface area contributed by atoms with Crippen molar-refractivity contribution in [2.45, 2.75) is 33.0 Å². The van der Waals surface area contributed by atoms with Crippen LogP contribution in [0.5, 0.6) is 0 Å². The van der Waals surface area contributed by atoms with Crippen LogP contribution in [0.1, 0.15) is 29.8 Å². The Kier molecular flexibility index (Phi) is 4.44. The smallest absolute Gasteiger partial charge is 0.153 e. The first kappa shape index (κ1) is 15.7. The van der Waals surface area contributed by atoms with Gasteiger partial charge < -0.3 is 9.64 Å². The molecule has 0 amide bonds. The zero-order valence-corrected chi connectivity index (χ0v) is 13.8. The van der Waals surface area contributed by atoms with Crippen LogP contribution in [-0.2, 0) is 4.74 Å². The summed E-state index contributed by atoms with van der Waals surface area (Å²) in [6.45, 7) is 7.66. The minimum absolute atomic E-state index is 0.135. The molecule has 0 radical (unpaired) electrons. The zero-order valence-electron chi connectivity index (χ0n) is 13.8. The van der Waals surface area contributed by atoms with Gasteiger partial charge in [-0.1, -0.05) is 24.3 Å². The van der Waals surface area contributed by atoms with Crippen LogP contribution in [0.2, 0.25) is 0 Å². The molecule has 23 heavy (non-hydrogen) atoms. The summed E-state index contributed by atoms with van der Waals surface area (Å²) in [6, 6.07) is 10.1. The number of morpholine rings is 1. The number of hydrogen-bond acceptors (Lipinski definition) is 4. The van der Waals surface area contributed by atoms with Crippen molar-refractivity contribution in [3.05, 3.63) is 47.7 Å². The van der Waals surface area contributed by atoms with Gasteiger partial charge in [0, 0.05) is 24.8 Å². The molecule has 1 saturated heterocycles.